The molecule has 0 fully saturated rings. The molecule has 4 rings (SSSR count). The number of methoxy groups -OCH3 is 4. The predicted molar refractivity (Wildman–Crippen MR) is 149 cm³/mol. The number of rotatable bonds is 11. The van der Waals surface area contributed by atoms with Crippen LogP contribution in [0.5, 0.6) is 23.0 Å². The first-order valence-corrected chi connectivity index (χ1v) is 12.7. The molecule has 4 aromatic rings. The molecule has 0 spiro atoms. The lowest BCUT2D eigenvalue weighted by atomic mass is 10.1. The van der Waals surface area contributed by atoms with Crippen LogP contribution < -0.4 is 23.8 Å². The second-order valence-electron chi connectivity index (χ2n) is 8.41. The van der Waals surface area contributed by atoms with Crippen LogP contribution in [0, 0.1) is 0 Å². The minimum absolute atomic E-state index is 0.0236. The van der Waals surface area contributed by atoms with Gasteiger partial charge in [0.05, 0.1) is 34.2 Å². The first-order chi connectivity index (χ1) is 18.4. The van der Waals surface area contributed by atoms with Gasteiger partial charge in [-0.25, -0.2) is 0 Å². The van der Waals surface area contributed by atoms with Crippen molar-refractivity contribution in [2.24, 2.45) is 0 Å². The van der Waals surface area contributed by atoms with Gasteiger partial charge in [0.1, 0.15) is 5.75 Å². The maximum atomic E-state index is 12.9. The number of Topliss-reactive ketones (excluding diaryl/α,β-unsaturated/α-hetero) is 1. The number of aromatic nitrogens is 3. The normalized spacial score (nSPS) is 10.7. The van der Waals surface area contributed by atoms with Crippen LogP contribution in [-0.2, 0) is 0 Å². The number of ketones is 1. The van der Waals surface area contributed by atoms with Gasteiger partial charge in [0.25, 0.3) is 0 Å². The number of benzene rings is 3. The third-order valence-electron chi connectivity index (χ3n) is 5.92. The summed E-state index contributed by atoms with van der Waals surface area (Å²) in [6.45, 7) is 0. The van der Waals surface area contributed by atoms with Crippen molar-refractivity contribution in [2.75, 3.05) is 53.2 Å². The fourth-order valence-electron chi connectivity index (χ4n) is 3.88. The minimum Gasteiger partial charge on any atom is -0.497 e. The van der Waals surface area contributed by atoms with E-state index in [4.69, 9.17) is 18.9 Å². The quantitative estimate of drug-likeness (QED) is 0.195. The van der Waals surface area contributed by atoms with E-state index >= 15 is 0 Å². The summed E-state index contributed by atoms with van der Waals surface area (Å²) in [5.41, 5.74) is 3.23. The summed E-state index contributed by atoms with van der Waals surface area (Å²) in [5.74, 6) is 2.93. The molecule has 0 aliphatic heterocycles. The molecule has 9 nitrogen and oxygen atoms in total. The average Bonchev–Trinajstić information content (AvgIpc) is 3.39. The van der Waals surface area contributed by atoms with E-state index in [1.807, 2.05) is 60.0 Å². The van der Waals surface area contributed by atoms with Crippen molar-refractivity contribution in [1.82, 2.24) is 14.8 Å². The van der Waals surface area contributed by atoms with E-state index in [1.54, 1.807) is 52.7 Å². The SMILES string of the molecule is COc1ccc(C(=O)CSc2nnc(-c3cc(OC)c(OC)c(OC)c3)n2-c2ccc(N(C)C)cc2)cc1. The standard InChI is InChI=1S/C28H30N4O5S/c1-31(2)20-9-11-21(12-10-20)32-27(19-15-24(35-4)26(37-6)25(16-19)36-5)29-30-28(32)38-17-23(33)18-7-13-22(34-3)14-8-18/h7-16H,17H2,1-6H3. The maximum Gasteiger partial charge on any atom is 0.203 e. The highest BCUT2D eigenvalue weighted by Gasteiger charge is 2.22. The smallest absolute Gasteiger partial charge is 0.203 e. The number of nitrogens with zero attached hydrogens (tertiary/aromatic N) is 4. The number of anilines is 1. The maximum absolute atomic E-state index is 12.9. The van der Waals surface area contributed by atoms with E-state index in [0.717, 1.165) is 16.9 Å². The van der Waals surface area contributed by atoms with Crippen molar-refractivity contribution in [3.8, 4) is 40.1 Å². The molecule has 0 saturated carbocycles. The first-order valence-electron chi connectivity index (χ1n) is 11.7. The van der Waals surface area contributed by atoms with Crippen LogP contribution in [0.15, 0.2) is 65.8 Å². The Morgan fingerprint density at radius 1 is 0.842 bits per heavy atom. The third kappa shape index (κ3) is 5.55. The van der Waals surface area contributed by atoms with Crippen molar-refractivity contribution < 1.29 is 23.7 Å². The van der Waals surface area contributed by atoms with Crippen molar-refractivity contribution in [3.05, 3.63) is 66.2 Å². The molecular weight excluding hydrogens is 504 g/mol. The molecule has 0 amide bonds. The van der Waals surface area contributed by atoms with Crippen molar-refractivity contribution >= 4 is 23.2 Å². The van der Waals surface area contributed by atoms with Gasteiger partial charge < -0.3 is 23.8 Å². The lowest BCUT2D eigenvalue weighted by molar-refractivity contribution is 0.102. The lowest BCUT2D eigenvalue weighted by Crippen LogP contribution is -2.09. The Labute approximate surface area is 226 Å². The van der Waals surface area contributed by atoms with Crippen molar-refractivity contribution in [3.63, 3.8) is 0 Å². The highest BCUT2D eigenvalue weighted by molar-refractivity contribution is 7.99. The molecule has 0 saturated heterocycles. The molecule has 10 heteroatoms. The fourth-order valence-corrected chi connectivity index (χ4v) is 4.73. The fraction of sp³-hybridized carbons (Fsp3) is 0.250. The lowest BCUT2D eigenvalue weighted by Gasteiger charge is -2.16. The summed E-state index contributed by atoms with van der Waals surface area (Å²) < 4.78 is 23.7. The van der Waals surface area contributed by atoms with Crippen LogP contribution in [0.2, 0.25) is 0 Å². The Morgan fingerprint density at radius 2 is 1.47 bits per heavy atom. The van der Waals surface area contributed by atoms with E-state index in [2.05, 4.69) is 10.2 Å². The molecular formula is C28H30N4O5S. The highest BCUT2D eigenvalue weighted by atomic mass is 32.2. The van der Waals surface area contributed by atoms with Gasteiger partial charge in [0, 0.05) is 36.6 Å². The second-order valence-corrected chi connectivity index (χ2v) is 9.35. The van der Waals surface area contributed by atoms with E-state index in [0.29, 0.717) is 39.5 Å². The van der Waals surface area contributed by atoms with E-state index in [-0.39, 0.29) is 11.5 Å². The topological polar surface area (TPSA) is 87.9 Å². The number of carbonyl (C=O) groups is 1. The number of thioether (sulfide) groups is 1. The van der Waals surface area contributed by atoms with Gasteiger partial charge in [-0.2, -0.15) is 0 Å². The van der Waals surface area contributed by atoms with E-state index < -0.39 is 0 Å². The first kappa shape index (κ1) is 26.9. The predicted octanol–water partition coefficient (Wildman–Crippen LogP) is 5.01. The molecule has 0 radical (unpaired) electrons. The summed E-state index contributed by atoms with van der Waals surface area (Å²) in [6, 6.07) is 18.7. The molecule has 0 atom stereocenters. The number of carbonyl (C=O) groups excluding carboxylic acids is 1. The van der Waals surface area contributed by atoms with Crippen LogP contribution in [0.3, 0.4) is 0 Å². The number of ether oxygens (including phenoxy) is 4. The second kappa shape index (κ2) is 11.9. The van der Waals surface area contributed by atoms with E-state index in [1.165, 1.54) is 11.8 Å². The molecule has 0 unspecified atom stereocenters. The third-order valence-corrected chi connectivity index (χ3v) is 6.85. The number of hydrogen-bond donors (Lipinski definition) is 0. The Morgan fingerprint density at radius 3 is 2.00 bits per heavy atom. The molecule has 38 heavy (non-hydrogen) atoms. The Bertz CT molecular complexity index is 1380. The molecule has 198 valence electrons. The van der Waals surface area contributed by atoms with Gasteiger partial charge in [0.2, 0.25) is 5.75 Å². The van der Waals surface area contributed by atoms with Gasteiger partial charge in [-0.3, -0.25) is 9.36 Å². The Hall–Kier alpha value is -4.18. The van der Waals surface area contributed by atoms with Crippen LogP contribution >= 0.6 is 11.8 Å². The summed E-state index contributed by atoms with van der Waals surface area (Å²) in [6.07, 6.45) is 0. The largest absolute Gasteiger partial charge is 0.497 e. The Kier molecular flexibility index (Phi) is 8.42. The van der Waals surface area contributed by atoms with Gasteiger partial charge in [-0.15, -0.1) is 10.2 Å². The van der Waals surface area contributed by atoms with Gasteiger partial charge in [0.15, 0.2) is 28.3 Å². The number of hydrogen-bond acceptors (Lipinski definition) is 9. The molecule has 1 heterocycles. The van der Waals surface area contributed by atoms with Crippen LogP contribution in [0.1, 0.15) is 10.4 Å². The molecule has 0 aliphatic rings. The minimum atomic E-state index is -0.0236. The molecule has 0 aliphatic carbocycles. The summed E-state index contributed by atoms with van der Waals surface area (Å²) in [5, 5.41) is 9.53. The van der Waals surface area contributed by atoms with Gasteiger partial charge in [-0.1, -0.05) is 11.8 Å². The molecule has 0 N–H and O–H groups in total. The zero-order valence-corrected chi connectivity index (χ0v) is 23.0. The van der Waals surface area contributed by atoms with Crippen LogP contribution in [0.4, 0.5) is 5.69 Å². The summed E-state index contributed by atoms with van der Waals surface area (Å²) in [7, 11) is 10.3. The van der Waals surface area contributed by atoms with Gasteiger partial charge >= 0.3 is 0 Å². The van der Waals surface area contributed by atoms with Gasteiger partial charge in [-0.05, 0) is 60.7 Å². The zero-order chi connectivity index (χ0) is 27.2. The summed E-state index contributed by atoms with van der Waals surface area (Å²) in [4.78, 5) is 15.0. The highest BCUT2D eigenvalue weighted by Crippen LogP contribution is 2.41. The van der Waals surface area contributed by atoms with Crippen LogP contribution in [-0.4, -0.2) is 68.8 Å². The Balaban J connectivity index is 1.75. The average molecular weight is 535 g/mol. The van der Waals surface area contributed by atoms with Crippen molar-refractivity contribution in [2.45, 2.75) is 5.16 Å². The molecule has 0 bridgehead atoms. The van der Waals surface area contributed by atoms with E-state index in [9.17, 15) is 4.79 Å². The molecule has 1 aromatic heterocycles. The van der Waals surface area contributed by atoms with Crippen molar-refractivity contribution in [1.29, 1.82) is 0 Å². The zero-order valence-electron chi connectivity index (χ0n) is 22.2. The monoisotopic (exact) mass is 534 g/mol. The summed E-state index contributed by atoms with van der Waals surface area (Å²) >= 11 is 1.32. The molecule has 3 aromatic carbocycles. The van der Waals surface area contributed by atoms with Crippen LogP contribution in [0.25, 0.3) is 17.1 Å².